The molecule has 6 atom stereocenters. The van der Waals surface area contributed by atoms with Crippen LogP contribution in [0, 0.1) is 0 Å². The predicted molar refractivity (Wildman–Crippen MR) is 59.9 cm³/mol. The van der Waals surface area contributed by atoms with Crippen LogP contribution in [0.3, 0.4) is 0 Å². The summed E-state index contributed by atoms with van der Waals surface area (Å²) in [7, 11) is 1.07. The zero-order valence-corrected chi connectivity index (χ0v) is 10.3. The molecule has 0 aromatic heterocycles. The fraction of sp³-hybridized carbons (Fsp3) is 0.900. The van der Waals surface area contributed by atoms with Crippen molar-refractivity contribution >= 4 is 5.97 Å². The summed E-state index contributed by atoms with van der Waals surface area (Å²) < 4.78 is 9.88. The lowest BCUT2D eigenvalue weighted by Crippen LogP contribution is -2.66. The highest BCUT2D eigenvalue weighted by Gasteiger charge is 2.53. The minimum atomic E-state index is -2.16. The van der Waals surface area contributed by atoms with Crippen LogP contribution in [0.5, 0.6) is 0 Å². The van der Waals surface area contributed by atoms with Gasteiger partial charge in [0.05, 0.1) is 18.8 Å². The summed E-state index contributed by atoms with van der Waals surface area (Å²) in [6.45, 7) is -0.767. The van der Waals surface area contributed by atoms with Crippen LogP contribution >= 0.6 is 0 Å². The van der Waals surface area contributed by atoms with Gasteiger partial charge in [-0.2, -0.15) is 0 Å². The summed E-state index contributed by atoms with van der Waals surface area (Å²) in [5, 5.41) is 46.7. The number of methoxy groups -OCH3 is 1. The van der Waals surface area contributed by atoms with Gasteiger partial charge in [0.15, 0.2) is 0 Å². The van der Waals surface area contributed by atoms with Crippen molar-refractivity contribution in [2.75, 3.05) is 13.7 Å². The van der Waals surface area contributed by atoms with E-state index in [2.05, 4.69) is 0 Å². The van der Waals surface area contributed by atoms with E-state index in [0.29, 0.717) is 0 Å². The van der Waals surface area contributed by atoms with Gasteiger partial charge in [-0.1, -0.05) is 0 Å². The summed E-state index contributed by atoms with van der Waals surface area (Å²) in [4.78, 5) is 11.2. The van der Waals surface area contributed by atoms with Crippen molar-refractivity contribution in [2.24, 2.45) is 5.73 Å². The maximum atomic E-state index is 11.2. The second-order valence-corrected chi connectivity index (χ2v) is 4.43. The number of carboxylic acids is 1. The van der Waals surface area contributed by atoms with E-state index in [-0.39, 0.29) is 0 Å². The van der Waals surface area contributed by atoms with Crippen LogP contribution in [-0.2, 0) is 14.3 Å². The number of aliphatic carboxylic acids is 1. The first-order chi connectivity index (χ1) is 8.79. The Balaban J connectivity index is 2.99. The Morgan fingerprint density at radius 3 is 2.58 bits per heavy atom. The smallest absolute Gasteiger partial charge is 0.364 e. The number of ether oxygens (including phenoxy) is 2. The molecule has 112 valence electrons. The van der Waals surface area contributed by atoms with Crippen LogP contribution in [0.25, 0.3) is 0 Å². The van der Waals surface area contributed by atoms with Crippen molar-refractivity contribution in [1.82, 2.24) is 0 Å². The Bertz CT molecular complexity index is 327. The number of carbonyl (C=O) groups is 1. The Morgan fingerprint density at radius 1 is 1.58 bits per heavy atom. The van der Waals surface area contributed by atoms with Gasteiger partial charge in [-0.15, -0.1) is 0 Å². The molecule has 1 aliphatic heterocycles. The highest BCUT2D eigenvalue weighted by Crippen LogP contribution is 2.31. The molecule has 0 bridgehead atoms. The first-order valence-corrected chi connectivity index (χ1v) is 5.66. The molecule has 0 radical (unpaired) electrons. The van der Waals surface area contributed by atoms with Gasteiger partial charge in [-0.3, -0.25) is 0 Å². The molecule has 19 heavy (non-hydrogen) atoms. The molecule has 0 aromatic carbocycles. The Morgan fingerprint density at radius 2 is 2.16 bits per heavy atom. The van der Waals surface area contributed by atoms with Crippen LogP contribution in [0.1, 0.15) is 6.42 Å². The van der Waals surface area contributed by atoms with Crippen molar-refractivity contribution in [3.63, 3.8) is 0 Å². The average molecular weight is 281 g/mol. The van der Waals surface area contributed by atoms with Crippen molar-refractivity contribution in [3.05, 3.63) is 0 Å². The molecule has 1 aliphatic rings. The minimum absolute atomic E-state index is 0.418. The fourth-order valence-electron chi connectivity index (χ4n) is 1.96. The topological polar surface area (TPSA) is 163 Å². The average Bonchev–Trinajstić information content (AvgIpc) is 2.39. The molecule has 0 aromatic rings. The van der Waals surface area contributed by atoms with Gasteiger partial charge in [0.1, 0.15) is 18.3 Å². The van der Waals surface area contributed by atoms with Crippen molar-refractivity contribution in [3.8, 4) is 0 Å². The van der Waals surface area contributed by atoms with E-state index in [0.717, 1.165) is 7.11 Å². The summed E-state index contributed by atoms with van der Waals surface area (Å²) in [5.74, 6) is -3.65. The SMILES string of the molecule is CO[C@]1(C(=O)O)C[C@@H](O)[C@@H](N)C([C@H](O)[C@H](O)CO)O1. The molecule has 0 saturated carbocycles. The number of aliphatic hydroxyl groups is 4. The van der Waals surface area contributed by atoms with Gasteiger partial charge < -0.3 is 40.7 Å². The maximum Gasteiger partial charge on any atom is 0.364 e. The lowest BCUT2D eigenvalue weighted by Gasteiger charge is -2.44. The Labute approximate surface area is 109 Å². The first-order valence-electron chi connectivity index (χ1n) is 5.66. The van der Waals surface area contributed by atoms with E-state index in [9.17, 15) is 20.1 Å². The largest absolute Gasteiger partial charge is 0.477 e. The molecule has 7 N–H and O–H groups in total. The quantitative estimate of drug-likeness (QED) is 0.301. The van der Waals surface area contributed by atoms with Crippen molar-refractivity contribution < 1.29 is 39.8 Å². The van der Waals surface area contributed by atoms with Gasteiger partial charge in [0, 0.05) is 13.5 Å². The predicted octanol–water partition coefficient (Wildman–Crippen LogP) is -3.40. The number of aliphatic hydroxyl groups excluding tert-OH is 4. The fourth-order valence-corrected chi connectivity index (χ4v) is 1.96. The van der Waals surface area contributed by atoms with Gasteiger partial charge in [-0.05, 0) is 0 Å². The van der Waals surface area contributed by atoms with Crippen LogP contribution < -0.4 is 5.73 Å². The number of rotatable bonds is 5. The molecule has 0 spiro atoms. The zero-order chi connectivity index (χ0) is 14.8. The maximum absolute atomic E-state index is 11.2. The highest BCUT2D eigenvalue weighted by molar-refractivity contribution is 5.76. The lowest BCUT2D eigenvalue weighted by atomic mass is 9.89. The molecular formula is C10H19NO8. The van der Waals surface area contributed by atoms with Gasteiger partial charge >= 0.3 is 5.97 Å². The molecule has 0 aliphatic carbocycles. The number of hydrogen-bond donors (Lipinski definition) is 6. The summed E-state index contributed by atoms with van der Waals surface area (Å²) in [5.41, 5.74) is 5.62. The molecular weight excluding hydrogens is 262 g/mol. The zero-order valence-electron chi connectivity index (χ0n) is 10.3. The summed E-state index contributed by atoms with van der Waals surface area (Å²) in [6, 6.07) is -1.13. The van der Waals surface area contributed by atoms with E-state index in [1.807, 2.05) is 0 Å². The van der Waals surface area contributed by atoms with Crippen LogP contribution in [-0.4, -0.2) is 81.5 Å². The molecule has 9 nitrogen and oxygen atoms in total. The third-order valence-electron chi connectivity index (χ3n) is 3.20. The summed E-state index contributed by atoms with van der Waals surface area (Å²) in [6.07, 6.45) is -6.37. The molecule has 9 heteroatoms. The molecule has 0 amide bonds. The number of nitrogens with two attached hydrogens (primary N) is 1. The monoisotopic (exact) mass is 281 g/mol. The third-order valence-corrected chi connectivity index (χ3v) is 3.20. The Kier molecular flexibility index (Phi) is 5.21. The van der Waals surface area contributed by atoms with E-state index in [4.69, 9.17) is 25.4 Å². The first kappa shape index (κ1) is 16.2. The van der Waals surface area contributed by atoms with Crippen molar-refractivity contribution in [1.29, 1.82) is 0 Å². The van der Waals surface area contributed by atoms with Crippen LogP contribution in [0.15, 0.2) is 0 Å². The van der Waals surface area contributed by atoms with E-state index in [1.54, 1.807) is 0 Å². The minimum Gasteiger partial charge on any atom is -0.477 e. The van der Waals surface area contributed by atoms with Gasteiger partial charge in [0.25, 0.3) is 5.79 Å². The van der Waals surface area contributed by atoms with E-state index >= 15 is 0 Å². The highest BCUT2D eigenvalue weighted by atomic mass is 16.7. The molecule has 1 rings (SSSR count). The standard InChI is InChI=1S/C10H19NO8/c1-18-10(9(16)17)2-4(13)6(11)8(19-10)7(15)5(14)3-12/h4-8,12-15H,2-3,11H2,1H3,(H,16,17)/t4-,5-,6-,7-,8?,10-/m1/s1. The van der Waals surface area contributed by atoms with E-state index < -0.39 is 55.2 Å². The van der Waals surface area contributed by atoms with Crippen LogP contribution in [0.4, 0.5) is 0 Å². The molecule has 1 unspecified atom stereocenters. The number of carboxylic acid groups (broad SMARTS) is 1. The third kappa shape index (κ3) is 3.03. The molecule has 1 fully saturated rings. The second kappa shape index (κ2) is 6.09. The van der Waals surface area contributed by atoms with Crippen molar-refractivity contribution in [2.45, 2.75) is 42.7 Å². The van der Waals surface area contributed by atoms with Crippen LogP contribution in [0.2, 0.25) is 0 Å². The molecule has 1 heterocycles. The van der Waals surface area contributed by atoms with Gasteiger partial charge in [-0.25, -0.2) is 4.79 Å². The lowest BCUT2D eigenvalue weighted by molar-refractivity contribution is -0.301. The Hall–Kier alpha value is -0.810. The normalized spacial score (nSPS) is 38.7. The summed E-state index contributed by atoms with van der Waals surface area (Å²) >= 11 is 0. The molecule has 1 saturated heterocycles. The van der Waals surface area contributed by atoms with E-state index in [1.165, 1.54) is 0 Å². The van der Waals surface area contributed by atoms with Gasteiger partial charge in [0.2, 0.25) is 0 Å². The number of hydrogen-bond acceptors (Lipinski definition) is 8. The second-order valence-electron chi connectivity index (χ2n) is 4.43.